The van der Waals surface area contributed by atoms with Gasteiger partial charge in [-0.1, -0.05) is 49.4 Å². The topological polar surface area (TPSA) is 70.1 Å². The van der Waals surface area contributed by atoms with Crippen molar-refractivity contribution < 1.29 is 19.4 Å². The highest BCUT2D eigenvalue weighted by Crippen LogP contribution is 2.24. The number of aliphatic hydroxyl groups is 1. The Morgan fingerprint density at radius 2 is 1.79 bits per heavy atom. The van der Waals surface area contributed by atoms with Gasteiger partial charge in [0.05, 0.1) is 6.61 Å². The molecule has 6 nitrogen and oxygen atoms in total. The molecule has 0 aromatic heterocycles. The molecule has 2 aromatic rings. The standard InChI is InChI=1S/C27H34N2O4/c1-2-26(31)29(24-6-4-3-5-7-24)25-15-18-28(19-16-25)17-14-23-10-8-22(9-11-23)12-13-27(32)33-21-20-30/h3-13,25,30H,2,14-21H2,1H3/b13-12+. The fraction of sp³-hybridized carbons (Fsp3) is 0.407. The second-order valence-electron chi connectivity index (χ2n) is 8.24. The maximum atomic E-state index is 12.6. The van der Waals surface area contributed by atoms with E-state index in [9.17, 15) is 9.59 Å². The van der Waals surface area contributed by atoms with Crippen LogP contribution in [0.3, 0.4) is 0 Å². The van der Waals surface area contributed by atoms with Crippen LogP contribution < -0.4 is 4.90 Å². The third-order valence-corrected chi connectivity index (χ3v) is 5.97. The highest BCUT2D eigenvalue weighted by atomic mass is 16.5. The molecule has 33 heavy (non-hydrogen) atoms. The summed E-state index contributed by atoms with van der Waals surface area (Å²) in [6.45, 7) is 4.73. The molecule has 0 saturated carbocycles. The second-order valence-corrected chi connectivity index (χ2v) is 8.24. The van der Waals surface area contributed by atoms with Crippen molar-refractivity contribution in [2.24, 2.45) is 0 Å². The Morgan fingerprint density at radius 3 is 2.42 bits per heavy atom. The molecule has 3 rings (SSSR count). The van der Waals surface area contributed by atoms with E-state index in [4.69, 9.17) is 9.84 Å². The Bertz CT molecular complexity index is 903. The summed E-state index contributed by atoms with van der Waals surface area (Å²) >= 11 is 0. The number of piperidine rings is 1. The largest absolute Gasteiger partial charge is 0.460 e. The van der Waals surface area contributed by atoms with Crippen LogP contribution in [0.15, 0.2) is 60.7 Å². The molecule has 1 saturated heterocycles. The molecule has 0 bridgehead atoms. The van der Waals surface area contributed by atoms with Gasteiger partial charge in [0, 0.05) is 43.9 Å². The van der Waals surface area contributed by atoms with E-state index in [2.05, 4.69) is 17.0 Å². The van der Waals surface area contributed by atoms with Crippen LogP contribution >= 0.6 is 0 Å². The number of esters is 1. The summed E-state index contributed by atoms with van der Waals surface area (Å²) in [6, 6.07) is 18.4. The van der Waals surface area contributed by atoms with Crippen molar-refractivity contribution in [3.63, 3.8) is 0 Å². The van der Waals surface area contributed by atoms with Crippen molar-refractivity contribution in [1.29, 1.82) is 0 Å². The highest BCUT2D eigenvalue weighted by molar-refractivity contribution is 5.93. The Hall–Kier alpha value is -2.96. The molecule has 0 aliphatic carbocycles. The first-order valence-corrected chi connectivity index (χ1v) is 11.7. The average molecular weight is 451 g/mol. The number of carbonyl (C=O) groups excluding carboxylic acids is 2. The summed E-state index contributed by atoms with van der Waals surface area (Å²) < 4.78 is 4.81. The molecule has 0 atom stereocenters. The number of hydrogen-bond donors (Lipinski definition) is 1. The fourth-order valence-electron chi connectivity index (χ4n) is 4.16. The molecule has 1 amide bonds. The molecule has 1 aliphatic heterocycles. The summed E-state index contributed by atoms with van der Waals surface area (Å²) in [5.74, 6) is -0.265. The monoisotopic (exact) mass is 450 g/mol. The molecule has 0 unspecified atom stereocenters. The minimum absolute atomic E-state index is 0.0125. The third kappa shape index (κ3) is 7.55. The zero-order valence-electron chi connectivity index (χ0n) is 19.4. The van der Waals surface area contributed by atoms with Gasteiger partial charge < -0.3 is 19.6 Å². The van der Waals surface area contributed by atoms with E-state index in [0.29, 0.717) is 6.42 Å². The predicted molar refractivity (Wildman–Crippen MR) is 131 cm³/mol. The van der Waals surface area contributed by atoms with E-state index in [1.165, 1.54) is 11.6 Å². The lowest BCUT2D eigenvalue weighted by atomic mass is 10.0. The second kappa shape index (κ2) is 12.9. The minimum atomic E-state index is -0.456. The van der Waals surface area contributed by atoms with Gasteiger partial charge in [0.2, 0.25) is 5.91 Å². The van der Waals surface area contributed by atoms with Gasteiger partial charge in [-0.3, -0.25) is 4.79 Å². The van der Waals surface area contributed by atoms with Crippen molar-refractivity contribution in [3.05, 3.63) is 71.8 Å². The first-order chi connectivity index (χ1) is 16.1. The molecule has 1 N–H and O–H groups in total. The van der Waals surface area contributed by atoms with Gasteiger partial charge in [0.1, 0.15) is 6.61 Å². The number of carbonyl (C=O) groups is 2. The lowest BCUT2D eigenvalue weighted by Crippen LogP contribution is -2.47. The molecular formula is C27H34N2O4. The Balaban J connectivity index is 1.47. The molecule has 0 spiro atoms. The molecule has 1 heterocycles. The first-order valence-electron chi connectivity index (χ1n) is 11.7. The highest BCUT2D eigenvalue weighted by Gasteiger charge is 2.28. The summed E-state index contributed by atoms with van der Waals surface area (Å²) in [5, 5.41) is 8.67. The van der Waals surface area contributed by atoms with Gasteiger partial charge in [-0.25, -0.2) is 4.79 Å². The summed E-state index contributed by atoms with van der Waals surface area (Å²) in [5.41, 5.74) is 3.19. The van der Waals surface area contributed by atoms with E-state index in [1.807, 2.05) is 54.3 Å². The number of nitrogens with zero attached hydrogens (tertiary/aromatic N) is 2. The summed E-state index contributed by atoms with van der Waals surface area (Å²) in [7, 11) is 0. The predicted octanol–water partition coefficient (Wildman–Crippen LogP) is 3.69. The quantitative estimate of drug-likeness (QED) is 0.442. The van der Waals surface area contributed by atoms with E-state index in [0.717, 1.165) is 50.1 Å². The Labute approximate surface area is 196 Å². The van der Waals surface area contributed by atoms with E-state index in [1.54, 1.807) is 6.08 Å². The number of para-hydroxylation sites is 1. The van der Waals surface area contributed by atoms with Crippen LogP contribution in [0.1, 0.15) is 37.3 Å². The van der Waals surface area contributed by atoms with Gasteiger partial charge in [0.25, 0.3) is 0 Å². The van der Waals surface area contributed by atoms with Crippen LogP contribution in [0, 0.1) is 0 Å². The van der Waals surface area contributed by atoms with Crippen LogP contribution in [0.2, 0.25) is 0 Å². The number of amides is 1. The molecule has 6 heteroatoms. The van der Waals surface area contributed by atoms with Crippen LogP contribution in [0.4, 0.5) is 5.69 Å². The smallest absolute Gasteiger partial charge is 0.330 e. The molecule has 1 fully saturated rings. The summed E-state index contributed by atoms with van der Waals surface area (Å²) in [6.07, 6.45) is 6.53. The SMILES string of the molecule is CCC(=O)N(c1ccccc1)C1CCN(CCc2ccc(/C=C/C(=O)OCCO)cc2)CC1. The zero-order valence-corrected chi connectivity index (χ0v) is 19.4. The van der Waals surface area contributed by atoms with Crippen LogP contribution in [0.25, 0.3) is 6.08 Å². The number of rotatable bonds is 10. The number of anilines is 1. The van der Waals surface area contributed by atoms with Gasteiger partial charge in [-0.15, -0.1) is 0 Å². The normalized spacial score (nSPS) is 15.0. The average Bonchev–Trinajstić information content (AvgIpc) is 2.87. The summed E-state index contributed by atoms with van der Waals surface area (Å²) in [4.78, 5) is 28.6. The van der Waals surface area contributed by atoms with Gasteiger partial charge in [-0.05, 0) is 48.6 Å². The van der Waals surface area contributed by atoms with Crippen molar-refractivity contribution in [3.8, 4) is 0 Å². The number of benzene rings is 2. The number of aliphatic hydroxyl groups excluding tert-OH is 1. The maximum Gasteiger partial charge on any atom is 0.330 e. The van der Waals surface area contributed by atoms with Gasteiger partial charge in [-0.2, -0.15) is 0 Å². The van der Waals surface area contributed by atoms with Crippen molar-refractivity contribution >= 4 is 23.6 Å². The molecular weight excluding hydrogens is 416 g/mol. The maximum absolute atomic E-state index is 12.6. The van der Waals surface area contributed by atoms with Crippen LogP contribution in [0.5, 0.6) is 0 Å². The van der Waals surface area contributed by atoms with Gasteiger partial charge in [0.15, 0.2) is 0 Å². The van der Waals surface area contributed by atoms with Crippen LogP contribution in [-0.4, -0.2) is 60.8 Å². The van der Waals surface area contributed by atoms with Crippen molar-refractivity contribution in [2.75, 3.05) is 37.7 Å². The first kappa shape index (κ1) is 24.7. The number of hydrogen-bond acceptors (Lipinski definition) is 5. The molecule has 0 radical (unpaired) electrons. The van der Waals surface area contributed by atoms with Crippen molar-refractivity contribution in [2.45, 2.75) is 38.6 Å². The lowest BCUT2D eigenvalue weighted by Gasteiger charge is -2.38. The lowest BCUT2D eigenvalue weighted by molar-refractivity contribution is -0.138. The van der Waals surface area contributed by atoms with E-state index < -0.39 is 5.97 Å². The number of ether oxygens (including phenoxy) is 1. The Morgan fingerprint density at radius 1 is 1.09 bits per heavy atom. The fourth-order valence-corrected chi connectivity index (χ4v) is 4.16. The van der Waals surface area contributed by atoms with Crippen LogP contribution in [-0.2, 0) is 20.7 Å². The minimum Gasteiger partial charge on any atom is -0.460 e. The van der Waals surface area contributed by atoms with E-state index >= 15 is 0 Å². The van der Waals surface area contributed by atoms with Gasteiger partial charge >= 0.3 is 5.97 Å². The Kier molecular flexibility index (Phi) is 9.66. The number of likely N-dealkylation sites (tertiary alicyclic amines) is 1. The molecule has 176 valence electrons. The zero-order chi connectivity index (χ0) is 23.5. The third-order valence-electron chi connectivity index (χ3n) is 5.97. The van der Waals surface area contributed by atoms with E-state index in [-0.39, 0.29) is 25.2 Å². The van der Waals surface area contributed by atoms with Crippen molar-refractivity contribution in [1.82, 2.24) is 4.90 Å². The molecule has 2 aromatic carbocycles. The molecule has 1 aliphatic rings.